The maximum Gasteiger partial charge on any atom is 0.172 e. The Bertz CT molecular complexity index is 788. The van der Waals surface area contributed by atoms with Crippen molar-refractivity contribution < 1.29 is 9.84 Å². The van der Waals surface area contributed by atoms with Gasteiger partial charge in [0.1, 0.15) is 5.75 Å². The van der Waals surface area contributed by atoms with Crippen molar-refractivity contribution in [2.45, 2.75) is 18.8 Å². The van der Waals surface area contributed by atoms with Gasteiger partial charge in [0, 0.05) is 17.0 Å². The number of piperidine rings is 1. The molecular weight excluding hydrogens is 288 g/mol. The summed E-state index contributed by atoms with van der Waals surface area (Å²) in [6.45, 7) is 2.03. The zero-order valence-corrected chi connectivity index (χ0v) is 12.7. The van der Waals surface area contributed by atoms with Gasteiger partial charge in [-0.05, 0) is 50.0 Å². The number of nitriles is 1. The largest absolute Gasteiger partial charge is 0.504 e. The Balaban J connectivity index is 1.87. The van der Waals surface area contributed by atoms with Gasteiger partial charge in [-0.25, -0.2) is 0 Å². The van der Waals surface area contributed by atoms with Crippen molar-refractivity contribution in [2.24, 2.45) is 5.92 Å². The second kappa shape index (κ2) is 5.60. The van der Waals surface area contributed by atoms with E-state index in [-0.39, 0.29) is 11.7 Å². The molecule has 23 heavy (non-hydrogen) atoms. The van der Waals surface area contributed by atoms with Gasteiger partial charge in [0.15, 0.2) is 11.5 Å². The number of nitrogens with zero attached hydrogens (tertiary/aromatic N) is 1. The Hall–Kier alpha value is -2.51. The Morgan fingerprint density at radius 3 is 2.74 bits per heavy atom. The lowest BCUT2D eigenvalue weighted by Gasteiger charge is -2.36. The number of phenolic OH excluding ortho intramolecular Hbond substituents is 1. The van der Waals surface area contributed by atoms with E-state index in [2.05, 4.69) is 11.4 Å². The number of phenols is 1. The van der Waals surface area contributed by atoms with Crippen LogP contribution in [0.5, 0.6) is 17.2 Å². The Kier molecular flexibility index (Phi) is 3.44. The molecule has 2 aromatic rings. The van der Waals surface area contributed by atoms with Gasteiger partial charge < -0.3 is 15.2 Å². The van der Waals surface area contributed by atoms with Crippen LogP contribution in [0.3, 0.4) is 0 Å². The van der Waals surface area contributed by atoms with E-state index in [9.17, 15) is 5.11 Å². The summed E-state index contributed by atoms with van der Waals surface area (Å²) in [5.41, 5.74) is 2.75. The SMILES string of the molecule is N#Cc1ccc2c(c1)Oc1c(O)cccc1C2C1CCNCC1. The quantitative estimate of drug-likeness (QED) is 0.846. The predicted octanol–water partition coefficient (Wildman–Crippen LogP) is 3.50. The van der Waals surface area contributed by atoms with Crippen LogP contribution in [0.25, 0.3) is 0 Å². The molecule has 4 nitrogen and oxygen atoms in total. The molecule has 2 aromatic carbocycles. The molecule has 0 saturated carbocycles. The maximum absolute atomic E-state index is 10.2. The molecule has 4 heteroatoms. The maximum atomic E-state index is 10.2. The minimum absolute atomic E-state index is 0.162. The summed E-state index contributed by atoms with van der Waals surface area (Å²) in [5, 5.41) is 22.8. The second-order valence-corrected chi connectivity index (χ2v) is 6.23. The molecule has 2 aliphatic heterocycles. The first kappa shape index (κ1) is 14.1. The number of para-hydroxylation sites is 1. The molecule has 116 valence electrons. The van der Waals surface area contributed by atoms with Crippen LogP contribution in [0, 0.1) is 17.2 Å². The zero-order valence-electron chi connectivity index (χ0n) is 12.7. The van der Waals surface area contributed by atoms with Crippen molar-refractivity contribution in [2.75, 3.05) is 13.1 Å². The van der Waals surface area contributed by atoms with Crippen molar-refractivity contribution in [1.29, 1.82) is 5.26 Å². The summed E-state index contributed by atoms with van der Waals surface area (Å²) in [5.74, 6) is 2.11. The number of fused-ring (bicyclic) bond motifs is 2. The summed E-state index contributed by atoms with van der Waals surface area (Å²) >= 11 is 0. The fraction of sp³-hybridized carbons (Fsp3) is 0.316. The van der Waals surface area contributed by atoms with Gasteiger partial charge in [0.2, 0.25) is 0 Å². The fourth-order valence-corrected chi connectivity index (χ4v) is 3.81. The van der Waals surface area contributed by atoms with Crippen LogP contribution < -0.4 is 10.1 Å². The average Bonchev–Trinajstić information content (AvgIpc) is 2.60. The number of nitrogens with one attached hydrogen (secondary N) is 1. The molecule has 1 fully saturated rings. The lowest BCUT2D eigenvalue weighted by atomic mass is 9.74. The lowest BCUT2D eigenvalue weighted by Crippen LogP contribution is -2.32. The van der Waals surface area contributed by atoms with E-state index >= 15 is 0 Å². The van der Waals surface area contributed by atoms with Crippen LogP contribution in [-0.2, 0) is 0 Å². The van der Waals surface area contributed by atoms with Crippen LogP contribution in [0.15, 0.2) is 36.4 Å². The summed E-state index contributed by atoms with van der Waals surface area (Å²) in [6, 6.07) is 13.4. The van der Waals surface area contributed by atoms with Gasteiger partial charge in [0.25, 0.3) is 0 Å². The third-order valence-electron chi connectivity index (χ3n) is 4.90. The molecule has 0 aliphatic carbocycles. The first-order valence-electron chi connectivity index (χ1n) is 8.02. The van der Waals surface area contributed by atoms with Gasteiger partial charge in [0.05, 0.1) is 11.6 Å². The normalized spacial score (nSPS) is 20.0. The standard InChI is InChI=1S/C19H18N2O2/c20-11-12-4-5-14-17(10-12)23-19-15(2-1-3-16(19)22)18(14)13-6-8-21-9-7-13/h1-5,10,13,18,21-22H,6-9H2. The molecule has 0 bridgehead atoms. The van der Waals surface area contributed by atoms with Crippen molar-refractivity contribution in [3.05, 3.63) is 53.1 Å². The van der Waals surface area contributed by atoms with Crippen LogP contribution in [0.1, 0.15) is 35.4 Å². The number of hydrogen-bond donors (Lipinski definition) is 2. The van der Waals surface area contributed by atoms with Gasteiger partial charge >= 0.3 is 0 Å². The average molecular weight is 306 g/mol. The van der Waals surface area contributed by atoms with Crippen LogP contribution in [0.4, 0.5) is 0 Å². The van der Waals surface area contributed by atoms with Crippen molar-refractivity contribution in [1.82, 2.24) is 5.32 Å². The summed E-state index contributed by atoms with van der Waals surface area (Å²) in [7, 11) is 0. The van der Waals surface area contributed by atoms with Crippen molar-refractivity contribution >= 4 is 0 Å². The molecule has 0 aromatic heterocycles. The summed E-state index contributed by atoms with van der Waals surface area (Å²) < 4.78 is 5.96. The Morgan fingerprint density at radius 1 is 1.13 bits per heavy atom. The first-order chi connectivity index (χ1) is 11.3. The van der Waals surface area contributed by atoms with E-state index in [0.717, 1.165) is 37.1 Å². The van der Waals surface area contributed by atoms with E-state index in [1.165, 1.54) is 0 Å². The highest BCUT2D eigenvalue weighted by Crippen LogP contribution is 2.52. The topological polar surface area (TPSA) is 65.3 Å². The van der Waals surface area contributed by atoms with E-state index in [0.29, 0.717) is 23.0 Å². The Morgan fingerprint density at radius 2 is 1.96 bits per heavy atom. The lowest BCUT2D eigenvalue weighted by molar-refractivity contribution is 0.315. The van der Waals surface area contributed by atoms with Gasteiger partial charge in [-0.2, -0.15) is 5.26 Å². The number of ether oxygens (including phenoxy) is 1. The highest BCUT2D eigenvalue weighted by atomic mass is 16.5. The monoisotopic (exact) mass is 306 g/mol. The van der Waals surface area contributed by atoms with E-state index in [1.807, 2.05) is 24.3 Å². The zero-order chi connectivity index (χ0) is 15.8. The molecule has 2 heterocycles. The van der Waals surface area contributed by atoms with Crippen LogP contribution in [-0.4, -0.2) is 18.2 Å². The van der Waals surface area contributed by atoms with Gasteiger partial charge in [-0.3, -0.25) is 0 Å². The molecule has 1 saturated heterocycles. The molecule has 2 N–H and O–H groups in total. The molecule has 1 atom stereocenters. The number of aromatic hydroxyl groups is 1. The highest BCUT2D eigenvalue weighted by molar-refractivity contribution is 5.60. The minimum atomic E-state index is 0.162. The van der Waals surface area contributed by atoms with Gasteiger partial charge in [-0.1, -0.05) is 18.2 Å². The number of rotatable bonds is 1. The first-order valence-corrected chi connectivity index (χ1v) is 8.02. The number of benzene rings is 2. The third-order valence-corrected chi connectivity index (χ3v) is 4.90. The summed E-state index contributed by atoms with van der Waals surface area (Å²) in [4.78, 5) is 0. The van der Waals surface area contributed by atoms with Crippen molar-refractivity contribution in [3.8, 4) is 23.3 Å². The Labute approximate surface area is 135 Å². The van der Waals surface area contributed by atoms with Gasteiger partial charge in [-0.15, -0.1) is 0 Å². The third kappa shape index (κ3) is 2.34. The molecule has 0 amide bonds. The number of hydrogen-bond acceptors (Lipinski definition) is 4. The molecule has 0 radical (unpaired) electrons. The predicted molar refractivity (Wildman–Crippen MR) is 86.8 cm³/mol. The molecule has 0 spiro atoms. The molecular formula is C19H18N2O2. The van der Waals surface area contributed by atoms with E-state index in [4.69, 9.17) is 10.00 Å². The van der Waals surface area contributed by atoms with E-state index < -0.39 is 0 Å². The minimum Gasteiger partial charge on any atom is -0.504 e. The van der Waals surface area contributed by atoms with Crippen LogP contribution in [0.2, 0.25) is 0 Å². The van der Waals surface area contributed by atoms with Crippen molar-refractivity contribution in [3.63, 3.8) is 0 Å². The smallest absolute Gasteiger partial charge is 0.172 e. The summed E-state index contributed by atoms with van der Waals surface area (Å²) in [6.07, 6.45) is 2.19. The molecule has 1 unspecified atom stereocenters. The van der Waals surface area contributed by atoms with E-state index in [1.54, 1.807) is 12.1 Å². The second-order valence-electron chi connectivity index (χ2n) is 6.23. The fourth-order valence-electron chi connectivity index (χ4n) is 3.81. The van der Waals surface area contributed by atoms with Crippen LogP contribution >= 0.6 is 0 Å². The highest BCUT2D eigenvalue weighted by Gasteiger charge is 2.35. The molecule has 2 aliphatic rings. The molecule has 4 rings (SSSR count).